The molecule has 1 rings (SSSR count). The van der Waals surface area contributed by atoms with Crippen molar-refractivity contribution in [3.8, 4) is 0 Å². The Bertz CT molecular complexity index is 189. The molecule has 0 unspecified atom stereocenters. The first-order valence-electron chi connectivity index (χ1n) is 2.72. The Morgan fingerprint density at radius 1 is 1.33 bits per heavy atom. The van der Waals surface area contributed by atoms with E-state index in [0.717, 1.165) is 5.57 Å². The molecule has 9 heavy (non-hydrogen) atoms. The van der Waals surface area contributed by atoms with Gasteiger partial charge in [-0.15, -0.1) is 0 Å². The highest BCUT2D eigenvalue weighted by Gasteiger charge is 2.20. The number of hydrogen-bond donors (Lipinski definition) is 0. The van der Waals surface area contributed by atoms with Gasteiger partial charge in [-0.3, -0.25) is 0 Å². The third kappa shape index (κ3) is 0.762. The van der Waals surface area contributed by atoms with E-state index < -0.39 is 0 Å². The van der Waals surface area contributed by atoms with Gasteiger partial charge in [0.2, 0.25) is 0 Å². The average molecular weight is 124 g/mol. The maximum Gasteiger partial charge on any atom is 0.339 e. The Balaban J connectivity index is 3.06. The van der Waals surface area contributed by atoms with Crippen molar-refractivity contribution in [1.82, 2.24) is 0 Å². The average Bonchev–Trinajstić information content (AvgIpc) is 1.98. The van der Waals surface area contributed by atoms with Gasteiger partial charge < -0.3 is 4.74 Å². The number of carbonyl (C=O) groups excluding carboxylic acids is 1. The molecule has 0 saturated carbocycles. The second-order valence-corrected chi connectivity index (χ2v) is 2.06. The molecule has 0 N–H and O–H groups in total. The van der Waals surface area contributed by atoms with Crippen molar-refractivity contribution >= 4 is 5.97 Å². The standard InChI is InChI=1S/C7H8O2/c1-4-5(2)7(8)9-6(4)3/h3H2,1-2H3. The van der Waals surface area contributed by atoms with E-state index in [-0.39, 0.29) is 5.97 Å². The molecule has 1 aliphatic rings. The van der Waals surface area contributed by atoms with Gasteiger partial charge in [0.25, 0.3) is 0 Å². The molecule has 0 aromatic rings. The topological polar surface area (TPSA) is 26.3 Å². The molecule has 0 aliphatic carbocycles. The second-order valence-electron chi connectivity index (χ2n) is 2.06. The van der Waals surface area contributed by atoms with Crippen molar-refractivity contribution < 1.29 is 9.53 Å². The molecule has 0 atom stereocenters. The molecule has 0 saturated heterocycles. The SMILES string of the molecule is C=C1OC(=O)C(C)=C1C. The van der Waals surface area contributed by atoms with E-state index in [1.165, 1.54) is 0 Å². The summed E-state index contributed by atoms with van der Waals surface area (Å²) < 4.78 is 4.68. The highest BCUT2D eigenvalue weighted by molar-refractivity contribution is 5.93. The van der Waals surface area contributed by atoms with Gasteiger partial charge >= 0.3 is 5.97 Å². The molecule has 0 bridgehead atoms. The van der Waals surface area contributed by atoms with Crippen molar-refractivity contribution in [2.24, 2.45) is 0 Å². The van der Waals surface area contributed by atoms with E-state index >= 15 is 0 Å². The van der Waals surface area contributed by atoms with Crippen LogP contribution in [0, 0.1) is 0 Å². The first-order chi connectivity index (χ1) is 4.13. The van der Waals surface area contributed by atoms with Crippen molar-refractivity contribution in [3.05, 3.63) is 23.5 Å². The number of carbonyl (C=O) groups is 1. The lowest BCUT2D eigenvalue weighted by Crippen LogP contribution is -1.93. The summed E-state index contributed by atoms with van der Waals surface area (Å²) in [7, 11) is 0. The highest BCUT2D eigenvalue weighted by Crippen LogP contribution is 2.22. The molecule has 2 heteroatoms. The zero-order valence-corrected chi connectivity index (χ0v) is 5.52. The summed E-state index contributed by atoms with van der Waals surface area (Å²) in [6.07, 6.45) is 0. The maximum atomic E-state index is 10.7. The number of cyclic esters (lactones) is 1. The molecule has 0 radical (unpaired) electrons. The number of rotatable bonds is 0. The lowest BCUT2D eigenvalue weighted by Gasteiger charge is -1.90. The normalized spacial score (nSPS) is 18.9. The lowest BCUT2D eigenvalue weighted by molar-refractivity contribution is -0.133. The Labute approximate surface area is 53.8 Å². The molecule has 2 nitrogen and oxygen atoms in total. The van der Waals surface area contributed by atoms with E-state index in [2.05, 4.69) is 11.3 Å². The molecule has 0 spiro atoms. The van der Waals surface area contributed by atoms with Gasteiger partial charge in [0, 0.05) is 11.1 Å². The fourth-order valence-electron chi connectivity index (χ4n) is 0.627. The molecular formula is C7H8O2. The largest absolute Gasteiger partial charge is 0.424 e. The van der Waals surface area contributed by atoms with Crippen LogP contribution >= 0.6 is 0 Å². The summed E-state index contributed by atoms with van der Waals surface area (Å²) in [4.78, 5) is 10.7. The number of ether oxygens (including phenoxy) is 1. The molecule has 0 aromatic carbocycles. The summed E-state index contributed by atoms with van der Waals surface area (Å²) in [6.45, 7) is 7.09. The summed E-state index contributed by atoms with van der Waals surface area (Å²) in [5.41, 5.74) is 1.53. The van der Waals surface area contributed by atoms with E-state index in [0.29, 0.717) is 11.3 Å². The predicted octanol–water partition coefficient (Wildman–Crippen LogP) is 1.39. The third-order valence-corrected chi connectivity index (χ3v) is 1.50. The maximum absolute atomic E-state index is 10.7. The Morgan fingerprint density at radius 2 is 1.89 bits per heavy atom. The van der Waals surface area contributed by atoms with Crippen LogP contribution in [0.5, 0.6) is 0 Å². The molecular weight excluding hydrogens is 116 g/mol. The number of hydrogen-bond acceptors (Lipinski definition) is 2. The Hall–Kier alpha value is -1.05. The Kier molecular flexibility index (Phi) is 1.16. The molecule has 0 aromatic heterocycles. The number of allylic oxidation sites excluding steroid dienone is 1. The van der Waals surface area contributed by atoms with Gasteiger partial charge in [-0.2, -0.15) is 0 Å². The Morgan fingerprint density at radius 3 is 2.00 bits per heavy atom. The van der Waals surface area contributed by atoms with Crippen LogP contribution in [0.15, 0.2) is 23.5 Å². The molecule has 0 fully saturated rings. The predicted molar refractivity (Wildman–Crippen MR) is 33.6 cm³/mol. The fraction of sp³-hybridized carbons (Fsp3) is 0.286. The molecule has 1 aliphatic heterocycles. The third-order valence-electron chi connectivity index (χ3n) is 1.50. The van der Waals surface area contributed by atoms with E-state index in [1.807, 2.05) is 6.92 Å². The highest BCUT2D eigenvalue weighted by atomic mass is 16.5. The van der Waals surface area contributed by atoms with Crippen LogP contribution in [0.3, 0.4) is 0 Å². The second kappa shape index (κ2) is 1.72. The van der Waals surface area contributed by atoms with Gasteiger partial charge in [0.05, 0.1) is 0 Å². The first-order valence-corrected chi connectivity index (χ1v) is 2.72. The minimum atomic E-state index is -0.266. The van der Waals surface area contributed by atoms with E-state index in [1.54, 1.807) is 6.92 Å². The van der Waals surface area contributed by atoms with Crippen LogP contribution in [0.4, 0.5) is 0 Å². The van der Waals surface area contributed by atoms with E-state index in [9.17, 15) is 4.79 Å². The van der Waals surface area contributed by atoms with Gasteiger partial charge in [0.15, 0.2) is 0 Å². The van der Waals surface area contributed by atoms with E-state index in [4.69, 9.17) is 0 Å². The van der Waals surface area contributed by atoms with Crippen molar-refractivity contribution in [1.29, 1.82) is 0 Å². The van der Waals surface area contributed by atoms with Gasteiger partial charge in [-0.05, 0) is 13.8 Å². The molecule has 48 valence electrons. The van der Waals surface area contributed by atoms with Crippen molar-refractivity contribution in [2.75, 3.05) is 0 Å². The first kappa shape index (κ1) is 6.08. The van der Waals surface area contributed by atoms with Crippen molar-refractivity contribution in [2.45, 2.75) is 13.8 Å². The smallest absolute Gasteiger partial charge is 0.339 e. The van der Waals surface area contributed by atoms with Gasteiger partial charge in [0.1, 0.15) is 5.76 Å². The summed E-state index contributed by atoms with van der Waals surface area (Å²) in [5.74, 6) is 0.218. The van der Waals surface area contributed by atoms with Crippen LogP contribution in [0.2, 0.25) is 0 Å². The minimum absolute atomic E-state index is 0.266. The molecule has 1 heterocycles. The summed E-state index contributed by atoms with van der Waals surface area (Å²) >= 11 is 0. The lowest BCUT2D eigenvalue weighted by atomic mass is 10.2. The zero-order chi connectivity index (χ0) is 7.02. The van der Waals surface area contributed by atoms with Crippen LogP contribution in [-0.2, 0) is 9.53 Å². The summed E-state index contributed by atoms with van der Waals surface area (Å²) in [5, 5.41) is 0. The quantitative estimate of drug-likeness (QED) is 0.456. The minimum Gasteiger partial charge on any atom is -0.424 e. The van der Waals surface area contributed by atoms with Gasteiger partial charge in [-0.1, -0.05) is 6.58 Å². The summed E-state index contributed by atoms with van der Waals surface area (Å²) in [6, 6.07) is 0. The van der Waals surface area contributed by atoms with Crippen LogP contribution in [0.25, 0.3) is 0 Å². The van der Waals surface area contributed by atoms with Gasteiger partial charge in [-0.25, -0.2) is 4.79 Å². The monoisotopic (exact) mass is 124 g/mol. The molecule has 0 amide bonds. The van der Waals surface area contributed by atoms with Crippen LogP contribution < -0.4 is 0 Å². The zero-order valence-electron chi connectivity index (χ0n) is 5.52. The van der Waals surface area contributed by atoms with Crippen molar-refractivity contribution in [3.63, 3.8) is 0 Å². The number of esters is 1. The van der Waals surface area contributed by atoms with Crippen LogP contribution in [-0.4, -0.2) is 5.97 Å². The van der Waals surface area contributed by atoms with Crippen LogP contribution in [0.1, 0.15) is 13.8 Å². The fourth-order valence-corrected chi connectivity index (χ4v) is 0.627.